The quantitative estimate of drug-likeness (QED) is 0.688. The average molecular weight is 287 g/mol. The summed E-state index contributed by atoms with van der Waals surface area (Å²) in [6, 6.07) is 4.43. The monoisotopic (exact) mass is 286 g/mol. The van der Waals surface area contributed by atoms with E-state index in [4.69, 9.17) is 0 Å². The van der Waals surface area contributed by atoms with Gasteiger partial charge in [-0.2, -0.15) is 11.3 Å². The van der Waals surface area contributed by atoms with Crippen molar-refractivity contribution in [3.05, 3.63) is 43.8 Å². The van der Waals surface area contributed by atoms with Gasteiger partial charge in [0.2, 0.25) is 0 Å². The highest BCUT2D eigenvalue weighted by Gasteiger charge is 2.15. The van der Waals surface area contributed by atoms with E-state index in [1.54, 1.807) is 11.3 Å². The predicted octanol–water partition coefficient (Wildman–Crippen LogP) is 4.91. The second-order valence-electron chi connectivity index (χ2n) is 3.32. The van der Waals surface area contributed by atoms with Crippen molar-refractivity contribution >= 4 is 38.6 Å². The Kier molecular flexibility index (Phi) is 3.10. The maximum Gasteiger partial charge on any atom is 0.0748 e. The largest absolute Gasteiger partial charge is 0.152 e. The molecule has 0 saturated heterocycles. The lowest BCUT2D eigenvalue weighted by Gasteiger charge is -2.06. The Morgan fingerprint density at radius 3 is 2.64 bits per heavy atom. The van der Waals surface area contributed by atoms with E-state index in [0.29, 0.717) is 4.83 Å². The number of alkyl halides is 1. The van der Waals surface area contributed by atoms with Gasteiger partial charge in [0.15, 0.2) is 0 Å². The fourth-order valence-electron chi connectivity index (χ4n) is 1.48. The van der Waals surface area contributed by atoms with Crippen LogP contribution in [0.4, 0.5) is 0 Å². The van der Waals surface area contributed by atoms with Crippen LogP contribution >= 0.6 is 38.6 Å². The molecular weight excluding hydrogens is 276 g/mol. The molecule has 0 fully saturated rings. The Morgan fingerprint density at radius 1 is 1.36 bits per heavy atom. The first kappa shape index (κ1) is 10.4. The van der Waals surface area contributed by atoms with Crippen LogP contribution in [0.15, 0.2) is 22.9 Å². The zero-order valence-electron chi connectivity index (χ0n) is 8.08. The first-order valence-corrected chi connectivity index (χ1v) is 7.09. The zero-order chi connectivity index (χ0) is 10.1. The predicted molar refractivity (Wildman–Crippen MR) is 68.9 cm³/mol. The number of aryl methyl sites for hydroxylation is 2. The molecule has 2 aromatic heterocycles. The van der Waals surface area contributed by atoms with Crippen molar-refractivity contribution in [2.75, 3.05) is 0 Å². The summed E-state index contributed by atoms with van der Waals surface area (Å²) in [4.78, 5) is 3.19. The molecule has 0 spiro atoms. The summed E-state index contributed by atoms with van der Waals surface area (Å²) >= 11 is 7.38. The van der Waals surface area contributed by atoms with E-state index in [0.717, 1.165) is 0 Å². The molecule has 2 aromatic rings. The Hall–Kier alpha value is -0.120. The van der Waals surface area contributed by atoms with Crippen LogP contribution in [0.2, 0.25) is 0 Å². The molecule has 0 bridgehead atoms. The molecule has 14 heavy (non-hydrogen) atoms. The Balaban J connectivity index is 2.36. The summed E-state index contributed by atoms with van der Waals surface area (Å²) < 4.78 is 0. The molecule has 0 radical (unpaired) electrons. The molecule has 0 aliphatic carbocycles. The average Bonchev–Trinajstić information content (AvgIpc) is 2.73. The Morgan fingerprint density at radius 2 is 2.14 bits per heavy atom. The molecule has 0 aliphatic rings. The van der Waals surface area contributed by atoms with Gasteiger partial charge in [-0.05, 0) is 47.9 Å². The summed E-state index contributed by atoms with van der Waals surface area (Å²) in [6.07, 6.45) is 0. The third-order valence-corrected chi connectivity index (χ3v) is 5.35. The van der Waals surface area contributed by atoms with Crippen molar-refractivity contribution in [1.82, 2.24) is 0 Å². The molecule has 74 valence electrons. The van der Waals surface area contributed by atoms with Gasteiger partial charge in [0.1, 0.15) is 0 Å². The minimum absolute atomic E-state index is 0.368. The van der Waals surface area contributed by atoms with Crippen molar-refractivity contribution in [3.8, 4) is 0 Å². The third-order valence-electron chi connectivity index (χ3n) is 2.15. The van der Waals surface area contributed by atoms with Crippen molar-refractivity contribution in [1.29, 1.82) is 0 Å². The molecule has 3 heteroatoms. The Bertz CT molecular complexity index is 414. The van der Waals surface area contributed by atoms with Gasteiger partial charge in [-0.25, -0.2) is 0 Å². The topological polar surface area (TPSA) is 0 Å². The van der Waals surface area contributed by atoms with Crippen LogP contribution in [0.25, 0.3) is 0 Å². The van der Waals surface area contributed by atoms with E-state index in [1.807, 2.05) is 11.3 Å². The number of hydrogen-bond acceptors (Lipinski definition) is 2. The summed E-state index contributed by atoms with van der Waals surface area (Å²) in [5.41, 5.74) is 2.75. The van der Waals surface area contributed by atoms with Crippen LogP contribution in [-0.4, -0.2) is 0 Å². The maximum absolute atomic E-state index is 3.75. The minimum Gasteiger partial charge on any atom is -0.152 e. The maximum atomic E-state index is 3.75. The van der Waals surface area contributed by atoms with Gasteiger partial charge in [-0.1, -0.05) is 15.9 Å². The van der Waals surface area contributed by atoms with Gasteiger partial charge >= 0.3 is 0 Å². The highest BCUT2D eigenvalue weighted by Crippen LogP contribution is 2.38. The molecule has 0 amide bonds. The highest BCUT2D eigenvalue weighted by atomic mass is 79.9. The van der Waals surface area contributed by atoms with Crippen LogP contribution in [0.1, 0.15) is 25.7 Å². The highest BCUT2D eigenvalue weighted by molar-refractivity contribution is 9.09. The second kappa shape index (κ2) is 4.17. The lowest BCUT2D eigenvalue weighted by atomic mass is 10.1. The summed E-state index contributed by atoms with van der Waals surface area (Å²) in [7, 11) is 0. The van der Waals surface area contributed by atoms with E-state index in [2.05, 4.69) is 52.7 Å². The number of rotatable bonds is 2. The lowest BCUT2D eigenvalue weighted by molar-refractivity contribution is 1.21. The fourth-order valence-corrected chi connectivity index (χ4v) is 4.31. The van der Waals surface area contributed by atoms with E-state index < -0.39 is 0 Å². The van der Waals surface area contributed by atoms with Gasteiger partial charge < -0.3 is 0 Å². The summed E-state index contributed by atoms with van der Waals surface area (Å²) in [5.74, 6) is 0. The van der Waals surface area contributed by atoms with E-state index >= 15 is 0 Å². The van der Waals surface area contributed by atoms with E-state index in [9.17, 15) is 0 Å². The van der Waals surface area contributed by atoms with Crippen LogP contribution in [-0.2, 0) is 0 Å². The van der Waals surface area contributed by atoms with Crippen molar-refractivity contribution in [2.24, 2.45) is 0 Å². The molecule has 0 aromatic carbocycles. The standard InChI is InChI=1S/C11H11BrS2/c1-7-5-8(2)14-11(7)10(12)9-3-4-13-6-9/h3-6,10H,1-2H3. The van der Waals surface area contributed by atoms with Gasteiger partial charge in [0.05, 0.1) is 4.83 Å². The molecule has 0 N–H and O–H groups in total. The molecule has 1 unspecified atom stereocenters. The van der Waals surface area contributed by atoms with Crippen LogP contribution in [0.5, 0.6) is 0 Å². The second-order valence-corrected chi connectivity index (χ2v) is 6.31. The first-order chi connectivity index (χ1) is 6.68. The van der Waals surface area contributed by atoms with E-state index in [-0.39, 0.29) is 0 Å². The number of thiophene rings is 2. The summed E-state index contributed by atoms with van der Waals surface area (Å²) in [6.45, 7) is 4.34. The normalized spacial score (nSPS) is 13.1. The minimum atomic E-state index is 0.368. The number of halogens is 1. The smallest absolute Gasteiger partial charge is 0.0748 e. The molecule has 0 aliphatic heterocycles. The van der Waals surface area contributed by atoms with Gasteiger partial charge in [0, 0.05) is 9.75 Å². The lowest BCUT2D eigenvalue weighted by Crippen LogP contribution is -1.88. The Labute approximate surface area is 101 Å². The summed E-state index contributed by atoms with van der Waals surface area (Å²) in [5, 5.41) is 4.33. The van der Waals surface area contributed by atoms with Crippen LogP contribution < -0.4 is 0 Å². The number of hydrogen-bond donors (Lipinski definition) is 0. The van der Waals surface area contributed by atoms with Crippen LogP contribution in [0, 0.1) is 13.8 Å². The SMILES string of the molecule is Cc1cc(C)c(C(Br)c2ccsc2)s1. The third kappa shape index (κ3) is 1.95. The van der Waals surface area contributed by atoms with Crippen molar-refractivity contribution in [3.63, 3.8) is 0 Å². The van der Waals surface area contributed by atoms with E-state index in [1.165, 1.54) is 20.9 Å². The molecule has 2 rings (SSSR count). The zero-order valence-corrected chi connectivity index (χ0v) is 11.3. The molecular formula is C11H11BrS2. The molecule has 2 heterocycles. The molecule has 0 saturated carbocycles. The van der Waals surface area contributed by atoms with Crippen molar-refractivity contribution < 1.29 is 0 Å². The van der Waals surface area contributed by atoms with Gasteiger partial charge in [-0.3, -0.25) is 0 Å². The van der Waals surface area contributed by atoms with Crippen LogP contribution in [0.3, 0.4) is 0 Å². The first-order valence-electron chi connectivity index (χ1n) is 4.41. The van der Waals surface area contributed by atoms with Gasteiger partial charge in [-0.15, -0.1) is 11.3 Å². The molecule has 0 nitrogen and oxygen atoms in total. The fraction of sp³-hybridized carbons (Fsp3) is 0.273. The molecule has 1 atom stereocenters. The van der Waals surface area contributed by atoms with Gasteiger partial charge in [0.25, 0.3) is 0 Å². The van der Waals surface area contributed by atoms with Crippen molar-refractivity contribution in [2.45, 2.75) is 18.7 Å².